The second kappa shape index (κ2) is 13.9. The van der Waals surface area contributed by atoms with E-state index in [-0.39, 0.29) is 29.8 Å². The van der Waals surface area contributed by atoms with E-state index < -0.39 is 25.6 Å². The number of likely N-dealkylation sites (N-methyl/N-ethyl adjacent to an activating group) is 1. The minimum atomic E-state index is -2.07. The standard InChI is InChI=1S/C37H53N5O6Si/c1-37(2,3)27-20-25(34(38)43)33(47-6)26(22-48-49(7,8)9)29(27)30-24-13-10-12-23(31(24)40(5)32(30)36(45)46)21-41-16-18-42(19-17-41)35(44)28-14-11-15-39(28)4/h10,12-13,20,28H,11,14-19,21-22H2,1-9H3,(H2,38,43)(H,45,46). The fourth-order valence-corrected chi connectivity index (χ4v) is 8.05. The zero-order chi connectivity index (χ0) is 36.0. The average molecular weight is 692 g/mol. The van der Waals surface area contributed by atoms with E-state index in [1.165, 1.54) is 7.11 Å². The zero-order valence-corrected chi connectivity index (χ0v) is 31.6. The summed E-state index contributed by atoms with van der Waals surface area (Å²) in [4.78, 5) is 45.8. The summed E-state index contributed by atoms with van der Waals surface area (Å²) in [6, 6.07) is 7.74. The molecular formula is C37H53N5O6Si. The van der Waals surface area contributed by atoms with Gasteiger partial charge in [-0.05, 0) is 74.2 Å². The van der Waals surface area contributed by atoms with Gasteiger partial charge < -0.3 is 29.5 Å². The first-order chi connectivity index (χ1) is 22.9. The van der Waals surface area contributed by atoms with Crippen LogP contribution in [0.1, 0.15) is 71.1 Å². The molecule has 0 bridgehead atoms. The lowest BCUT2D eigenvalue weighted by Crippen LogP contribution is -2.52. The van der Waals surface area contributed by atoms with Crippen LogP contribution >= 0.6 is 0 Å². The Labute approximate surface area is 291 Å². The number of benzene rings is 2. The van der Waals surface area contributed by atoms with Gasteiger partial charge in [0.15, 0.2) is 8.32 Å². The number of hydrogen-bond acceptors (Lipinski definition) is 7. The molecule has 1 unspecified atom stereocenters. The number of ether oxygens (including phenoxy) is 1. The normalized spacial score (nSPS) is 18.0. The van der Waals surface area contributed by atoms with Crippen LogP contribution in [0.5, 0.6) is 5.75 Å². The number of methoxy groups -OCH3 is 1. The maximum Gasteiger partial charge on any atom is 0.353 e. The molecule has 2 fully saturated rings. The number of aromatic nitrogens is 1. The van der Waals surface area contributed by atoms with Crippen molar-refractivity contribution in [3.8, 4) is 16.9 Å². The quantitative estimate of drug-likeness (QED) is 0.283. The first-order valence-electron chi connectivity index (χ1n) is 17.2. The van der Waals surface area contributed by atoms with Crippen molar-refractivity contribution in [1.82, 2.24) is 19.3 Å². The highest BCUT2D eigenvalue weighted by Crippen LogP contribution is 2.47. The van der Waals surface area contributed by atoms with E-state index in [1.54, 1.807) is 17.7 Å². The number of likely N-dealkylation sites (tertiary alicyclic amines) is 1. The lowest BCUT2D eigenvalue weighted by atomic mass is 9.77. The van der Waals surface area contributed by atoms with Gasteiger partial charge in [-0.15, -0.1) is 0 Å². The molecule has 12 heteroatoms. The van der Waals surface area contributed by atoms with Crippen LogP contribution in [-0.4, -0.2) is 103 Å². The maximum absolute atomic E-state index is 13.2. The monoisotopic (exact) mass is 691 g/mol. The van der Waals surface area contributed by atoms with Gasteiger partial charge in [0.25, 0.3) is 5.91 Å². The molecule has 266 valence electrons. The molecule has 2 aliphatic heterocycles. The summed E-state index contributed by atoms with van der Waals surface area (Å²) in [5.74, 6) is -1.16. The minimum Gasteiger partial charge on any atom is -0.496 e. The Morgan fingerprint density at radius 1 is 1.02 bits per heavy atom. The number of piperazine rings is 1. The average Bonchev–Trinajstić information content (AvgIpc) is 3.58. The lowest BCUT2D eigenvalue weighted by Gasteiger charge is -2.37. The highest BCUT2D eigenvalue weighted by atomic mass is 28.4. The molecule has 3 heterocycles. The smallest absolute Gasteiger partial charge is 0.353 e. The van der Waals surface area contributed by atoms with Crippen molar-refractivity contribution in [2.45, 2.75) is 77.9 Å². The van der Waals surface area contributed by atoms with E-state index in [0.29, 0.717) is 42.1 Å². The highest BCUT2D eigenvalue weighted by molar-refractivity contribution is 6.69. The molecule has 49 heavy (non-hydrogen) atoms. The number of amides is 2. The fraction of sp³-hybridized carbons (Fsp3) is 0.541. The first kappa shape index (κ1) is 36.6. The number of para-hydroxylation sites is 1. The molecule has 0 spiro atoms. The third-order valence-electron chi connectivity index (χ3n) is 9.94. The molecule has 2 amide bonds. The third-order valence-corrected chi connectivity index (χ3v) is 10.9. The number of fused-ring (bicyclic) bond motifs is 1. The maximum atomic E-state index is 13.2. The number of aryl methyl sites for hydroxylation is 1. The van der Waals surface area contributed by atoms with E-state index in [2.05, 4.69) is 35.5 Å². The number of carbonyl (C=O) groups excluding carboxylic acids is 2. The van der Waals surface area contributed by atoms with Crippen molar-refractivity contribution in [3.05, 3.63) is 52.2 Å². The molecule has 3 aromatic rings. The van der Waals surface area contributed by atoms with E-state index in [9.17, 15) is 19.5 Å². The van der Waals surface area contributed by atoms with Gasteiger partial charge in [0.05, 0.1) is 30.8 Å². The van der Waals surface area contributed by atoms with Crippen LogP contribution in [-0.2, 0) is 34.8 Å². The van der Waals surface area contributed by atoms with Gasteiger partial charge >= 0.3 is 5.97 Å². The van der Waals surface area contributed by atoms with Crippen LogP contribution in [0, 0.1) is 0 Å². The third kappa shape index (κ3) is 7.28. The van der Waals surface area contributed by atoms with E-state index >= 15 is 0 Å². The molecule has 0 radical (unpaired) electrons. The molecule has 2 saturated heterocycles. The Balaban J connectivity index is 1.64. The summed E-state index contributed by atoms with van der Waals surface area (Å²) in [5, 5.41) is 11.6. The molecule has 2 aromatic carbocycles. The number of carbonyl (C=O) groups is 3. The predicted octanol–water partition coefficient (Wildman–Crippen LogP) is 5.04. The van der Waals surface area contributed by atoms with Crippen LogP contribution in [0.4, 0.5) is 0 Å². The van der Waals surface area contributed by atoms with Crippen LogP contribution in [0.2, 0.25) is 19.6 Å². The first-order valence-corrected chi connectivity index (χ1v) is 20.6. The summed E-state index contributed by atoms with van der Waals surface area (Å²) in [6.45, 7) is 16.9. The predicted molar refractivity (Wildman–Crippen MR) is 195 cm³/mol. The summed E-state index contributed by atoms with van der Waals surface area (Å²) in [6.07, 6.45) is 1.97. The van der Waals surface area contributed by atoms with Gasteiger partial charge in [0, 0.05) is 56.3 Å². The van der Waals surface area contributed by atoms with Gasteiger partial charge in [-0.2, -0.15) is 0 Å². The van der Waals surface area contributed by atoms with Gasteiger partial charge in [0.2, 0.25) is 5.91 Å². The summed E-state index contributed by atoms with van der Waals surface area (Å²) in [7, 11) is 3.26. The molecule has 5 rings (SSSR count). The van der Waals surface area contributed by atoms with Crippen molar-refractivity contribution < 1.29 is 28.7 Å². The second-order valence-electron chi connectivity index (χ2n) is 15.5. The lowest BCUT2D eigenvalue weighted by molar-refractivity contribution is -0.137. The summed E-state index contributed by atoms with van der Waals surface area (Å²) in [5.41, 5.74) is 10.3. The van der Waals surface area contributed by atoms with E-state index in [0.717, 1.165) is 54.5 Å². The van der Waals surface area contributed by atoms with Gasteiger partial charge in [-0.3, -0.25) is 19.4 Å². The molecule has 2 aliphatic rings. The Bertz CT molecular complexity index is 1760. The number of primary amides is 1. The topological polar surface area (TPSA) is 131 Å². The SMILES string of the molecule is COc1c(C(N)=O)cc(C(C)(C)C)c(-c2c(C(=O)O)n(C)c3c(CN4CCN(C(=O)C5CCCN5C)CC4)cccc23)c1CO[Si](C)(C)C. The van der Waals surface area contributed by atoms with Crippen molar-refractivity contribution in [2.75, 3.05) is 46.9 Å². The molecule has 1 atom stereocenters. The second-order valence-corrected chi connectivity index (χ2v) is 20.0. The number of rotatable bonds is 10. The zero-order valence-electron chi connectivity index (χ0n) is 30.6. The van der Waals surface area contributed by atoms with Gasteiger partial charge in [-0.25, -0.2) is 4.79 Å². The van der Waals surface area contributed by atoms with Gasteiger partial charge in [-0.1, -0.05) is 39.0 Å². The Kier molecular flexibility index (Phi) is 10.4. The minimum absolute atomic E-state index is 0.0220. The van der Waals surface area contributed by atoms with E-state index in [4.69, 9.17) is 14.9 Å². The summed E-state index contributed by atoms with van der Waals surface area (Å²) < 4.78 is 14.1. The number of carboxylic acids is 1. The van der Waals surface area contributed by atoms with E-state index in [1.807, 2.05) is 44.9 Å². The van der Waals surface area contributed by atoms with Crippen LogP contribution in [0.25, 0.3) is 22.0 Å². The fourth-order valence-electron chi connectivity index (χ4n) is 7.47. The largest absolute Gasteiger partial charge is 0.496 e. The van der Waals surface area contributed by atoms with Crippen molar-refractivity contribution >= 4 is 37.0 Å². The molecule has 0 saturated carbocycles. The molecule has 0 aliphatic carbocycles. The number of hydrogen-bond donors (Lipinski definition) is 2. The number of aromatic carboxylic acids is 1. The van der Waals surface area contributed by atoms with Crippen molar-refractivity contribution in [2.24, 2.45) is 12.8 Å². The summed E-state index contributed by atoms with van der Waals surface area (Å²) >= 11 is 0. The number of nitrogens with two attached hydrogens (primary N) is 1. The van der Waals surface area contributed by atoms with Crippen LogP contribution in [0.15, 0.2) is 24.3 Å². The number of carboxylic acid groups (broad SMARTS) is 1. The number of nitrogens with zero attached hydrogens (tertiary/aromatic N) is 4. The highest BCUT2D eigenvalue weighted by Gasteiger charge is 2.35. The van der Waals surface area contributed by atoms with Crippen LogP contribution < -0.4 is 10.5 Å². The molecule has 11 nitrogen and oxygen atoms in total. The Morgan fingerprint density at radius 3 is 2.22 bits per heavy atom. The van der Waals surface area contributed by atoms with Crippen LogP contribution in [0.3, 0.4) is 0 Å². The Morgan fingerprint density at radius 2 is 1.69 bits per heavy atom. The molecule has 1 aromatic heterocycles. The van der Waals surface area contributed by atoms with Crippen molar-refractivity contribution in [1.29, 1.82) is 0 Å². The molecule has 3 N–H and O–H groups in total. The van der Waals surface area contributed by atoms with Gasteiger partial charge in [0.1, 0.15) is 11.4 Å². The molecular weight excluding hydrogens is 639 g/mol. The van der Waals surface area contributed by atoms with Crippen molar-refractivity contribution in [3.63, 3.8) is 0 Å². The Hall–Kier alpha value is -3.71.